The number of methoxy groups -OCH3 is 1. The topological polar surface area (TPSA) is 95.7 Å². The van der Waals surface area contributed by atoms with Gasteiger partial charge in [-0.2, -0.15) is 0 Å². The lowest BCUT2D eigenvalue weighted by Gasteiger charge is -2.28. The van der Waals surface area contributed by atoms with Crippen LogP contribution in [-0.4, -0.2) is 36.9 Å². The third kappa shape index (κ3) is 4.28. The van der Waals surface area contributed by atoms with Crippen LogP contribution in [0.5, 0.6) is 5.75 Å². The molecule has 2 rings (SSSR count). The summed E-state index contributed by atoms with van der Waals surface area (Å²) in [6, 6.07) is 6.84. The van der Waals surface area contributed by atoms with Crippen molar-refractivity contribution in [3.05, 3.63) is 51.1 Å². The van der Waals surface area contributed by atoms with Gasteiger partial charge < -0.3 is 9.47 Å². The molecule has 0 spiro atoms. The Morgan fingerprint density at radius 1 is 1.35 bits per heavy atom. The molecule has 0 aliphatic heterocycles. The lowest BCUT2D eigenvalue weighted by molar-refractivity contribution is -0.481. The van der Waals surface area contributed by atoms with E-state index in [9.17, 15) is 19.7 Å². The number of nitro groups is 1. The van der Waals surface area contributed by atoms with E-state index in [-0.39, 0.29) is 24.8 Å². The van der Waals surface area contributed by atoms with Crippen molar-refractivity contribution in [2.45, 2.75) is 32.6 Å². The van der Waals surface area contributed by atoms with Crippen molar-refractivity contribution >= 4 is 11.8 Å². The molecule has 0 bridgehead atoms. The van der Waals surface area contributed by atoms with Gasteiger partial charge in [0.15, 0.2) is 5.78 Å². The van der Waals surface area contributed by atoms with Crippen LogP contribution >= 0.6 is 0 Å². The summed E-state index contributed by atoms with van der Waals surface area (Å²) < 4.78 is 10.2. The highest BCUT2D eigenvalue weighted by Gasteiger charge is 2.37. The number of nitrogens with zero attached hydrogens (tertiary/aromatic N) is 1. The summed E-state index contributed by atoms with van der Waals surface area (Å²) in [5, 5.41) is 11.2. The number of ketones is 1. The van der Waals surface area contributed by atoms with Crippen LogP contribution in [-0.2, 0) is 14.3 Å². The van der Waals surface area contributed by atoms with Crippen LogP contribution in [0.4, 0.5) is 0 Å². The molecule has 0 aromatic heterocycles. The molecule has 0 amide bonds. The van der Waals surface area contributed by atoms with Gasteiger partial charge in [-0.25, -0.2) is 0 Å². The monoisotopic (exact) mass is 361 g/mol. The van der Waals surface area contributed by atoms with E-state index in [1.807, 2.05) is 0 Å². The first-order valence-corrected chi connectivity index (χ1v) is 8.55. The summed E-state index contributed by atoms with van der Waals surface area (Å²) in [7, 11) is 1.53. The van der Waals surface area contributed by atoms with Gasteiger partial charge in [0, 0.05) is 16.9 Å². The van der Waals surface area contributed by atoms with Crippen LogP contribution in [0.15, 0.2) is 35.4 Å². The Kier molecular flexibility index (Phi) is 6.49. The maximum atomic E-state index is 12.6. The number of carbonyl (C=O) groups is 2. The fourth-order valence-corrected chi connectivity index (χ4v) is 3.39. The van der Waals surface area contributed by atoms with Crippen LogP contribution in [0.2, 0.25) is 0 Å². The number of ether oxygens (including phenoxy) is 2. The number of esters is 1. The minimum absolute atomic E-state index is 0.147. The minimum Gasteiger partial charge on any atom is -0.497 e. The predicted molar refractivity (Wildman–Crippen MR) is 94.7 cm³/mol. The van der Waals surface area contributed by atoms with E-state index in [1.54, 1.807) is 38.1 Å². The Morgan fingerprint density at radius 3 is 2.54 bits per heavy atom. The summed E-state index contributed by atoms with van der Waals surface area (Å²) >= 11 is 0. The maximum absolute atomic E-state index is 12.6. The SMILES string of the molecule is CCOC(=O)[C@@H]1CCC(=O)C([C@@H](C[N+](=O)[O-])c2ccc(OC)cc2)=C1C. The molecule has 1 aliphatic carbocycles. The molecule has 7 heteroatoms. The Hall–Kier alpha value is -2.70. The number of rotatable bonds is 7. The normalized spacial score (nSPS) is 18.4. The van der Waals surface area contributed by atoms with Crippen molar-refractivity contribution < 1.29 is 24.0 Å². The highest BCUT2D eigenvalue weighted by Crippen LogP contribution is 2.37. The highest BCUT2D eigenvalue weighted by molar-refractivity contribution is 6.00. The van der Waals surface area contributed by atoms with E-state index in [0.29, 0.717) is 28.9 Å². The third-order valence-electron chi connectivity index (χ3n) is 4.68. The first-order chi connectivity index (χ1) is 12.4. The van der Waals surface area contributed by atoms with Gasteiger partial charge in [-0.3, -0.25) is 19.7 Å². The molecule has 1 aromatic carbocycles. The zero-order valence-electron chi connectivity index (χ0n) is 15.2. The van der Waals surface area contributed by atoms with Gasteiger partial charge in [-0.1, -0.05) is 17.7 Å². The maximum Gasteiger partial charge on any atom is 0.313 e. The van der Waals surface area contributed by atoms with Crippen molar-refractivity contribution in [2.24, 2.45) is 5.92 Å². The molecule has 0 fully saturated rings. The average Bonchev–Trinajstić information content (AvgIpc) is 2.61. The quantitative estimate of drug-likeness (QED) is 0.421. The van der Waals surface area contributed by atoms with Gasteiger partial charge in [0.2, 0.25) is 6.54 Å². The number of hydrogen-bond donors (Lipinski definition) is 0. The largest absolute Gasteiger partial charge is 0.497 e. The average molecular weight is 361 g/mol. The van der Waals surface area contributed by atoms with E-state index >= 15 is 0 Å². The second-order valence-electron chi connectivity index (χ2n) is 6.20. The third-order valence-corrected chi connectivity index (χ3v) is 4.68. The van der Waals surface area contributed by atoms with E-state index in [2.05, 4.69) is 0 Å². The van der Waals surface area contributed by atoms with Gasteiger partial charge in [0.05, 0.1) is 25.6 Å². The smallest absolute Gasteiger partial charge is 0.313 e. The zero-order chi connectivity index (χ0) is 19.3. The van der Waals surface area contributed by atoms with E-state index in [0.717, 1.165) is 0 Å². The first-order valence-electron chi connectivity index (χ1n) is 8.55. The Bertz CT molecular complexity index is 722. The molecule has 0 radical (unpaired) electrons. The summed E-state index contributed by atoms with van der Waals surface area (Å²) in [6.45, 7) is 3.26. The van der Waals surface area contributed by atoms with E-state index in [4.69, 9.17) is 9.47 Å². The molecule has 7 nitrogen and oxygen atoms in total. The Labute approximate surface area is 152 Å². The highest BCUT2D eigenvalue weighted by atomic mass is 16.6. The van der Waals surface area contributed by atoms with Crippen LogP contribution in [0.1, 0.15) is 38.2 Å². The zero-order valence-corrected chi connectivity index (χ0v) is 15.2. The molecular weight excluding hydrogens is 338 g/mol. The molecule has 0 heterocycles. The van der Waals surface area contributed by atoms with Crippen molar-refractivity contribution in [3.63, 3.8) is 0 Å². The van der Waals surface area contributed by atoms with Gasteiger partial charge >= 0.3 is 5.97 Å². The summed E-state index contributed by atoms with van der Waals surface area (Å²) in [5.74, 6) is -1.15. The molecule has 1 aliphatic rings. The molecular formula is C19H23NO6. The Morgan fingerprint density at radius 2 is 2.00 bits per heavy atom. The molecule has 2 atom stereocenters. The number of carbonyl (C=O) groups excluding carboxylic acids is 2. The summed E-state index contributed by atoms with van der Waals surface area (Å²) in [6.07, 6.45) is 0.557. The van der Waals surface area contributed by atoms with Crippen molar-refractivity contribution in [1.29, 1.82) is 0 Å². The predicted octanol–water partition coefficient (Wildman–Crippen LogP) is 2.91. The van der Waals surface area contributed by atoms with E-state index < -0.39 is 23.3 Å². The fraction of sp³-hybridized carbons (Fsp3) is 0.474. The van der Waals surface area contributed by atoms with Gasteiger partial charge in [0.1, 0.15) is 5.75 Å². The molecule has 26 heavy (non-hydrogen) atoms. The summed E-state index contributed by atoms with van der Waals surface area (Å²) in [4.78, 5) is 35.6. The standard InChI is InChI=1S/C19H23NO6/c1-4-26-19(22)15-9-10-17(21)18(12(15)2)16(11-20(23)24)13-5-7-14(25-3)8-6-13/h5-8,15-16H,4,9-11H2,1-3H3/t15-,16+/m1/s1. The lowest BCUT2D eigenvalue weighted by atomic mass is 9.75. The molecule has 0 saturated carbocycles. The number of Topliss-reactive ketones (excluding diaryl/α,β-unsaturated/α-hetero) is 1. The van der Waals surface area contributed by atoms with Gasteiger partial charge in [-0.15, -0.1) is 0 Å². The van der Waals surface area contributed by atoms with Crippen molar-refractivity contribution in [2.75, 3.05) is 20.3 Å². The van der Waals surface area contributed by atoms with Crippen LogP contribution in [0.3, 0.4) is 0 Å². The van der Waals surface area contributed by atoms with Crippen molar-refractivity contribution in [1.82, 2.24) is 0 Å². The van der Waals surface area contributed by atoms with Crippen molar-refractivity contribution in [3.8, 4) is 5.75 Å². The molecule has 140 valence electrons. The summed E-state index contributed by atoms with van der Waals surface area (Å²) in [5.41, 5.74) is 1.58. The molecule has 1 aromatic rings. The first kappa shape index (κ1) is 19.6. The lowest BCUT2D eigenvalue weighted by Crippen LogP contribution is -2.30. The fourth-order valence-electron chi connectivity index (χ4n) is 3.39. The van der Waals surface area contributed by atoms with E-state index in [1.165, 1.54) is 7.11 Å². The van der Waals surface area contributed by atoms with Gasteiger partial charge in [0.25, 0.3) is 0 Å². The minimum atomic E-state index is -0.708. The second-order valence-corrected chi connectivity index (χ2v) is 6.20. The molecule has 0 N–H and O–H groups in total. The number of benzene rings is 1. The molecule has 0 unspecified atom stereocenters. The van der Waals surface area contributed by atoms with Crippen LogP contribution in [0.25, 0.3) is 0 Å². The number of hydrogen-bond acceptors (Lipinski definition) is 6. The van der Waals surface area contributed by atoms with Crippen LogP contribution in [0, 0.1) is 16.0 Å². The van der Waals surface area contributed by atoms with Crippen LogP contribution < -0.4 is 4.74 Å². The Balaban J connectivity index is 2.48. The second kappa shape index (κ2) is 8.60. The molecule has 0 saturated heterocycles. The van der Waals surface area contributed by atoms with Gasteiger partial charge in [-0.05, 0) is 38.0 Å².